The van der Waals surface area contributed by atoms with E-state index in [1.165, 1.54) is 17.7 Å². The molecule has 2 amide bonds. The van der Waals surface area contributed by atoms with Crippen LogP contribution in [0, 0.1) is 5.82 Å². The minimum absolute atomic E-state index is 0.125. The number of halogens is 2. The lowest BCUT2D eigenvalue weighted by molar-refractivity contribution is -0.120. The lowest BCUT2D eigenvalue weighted by Crippen LogP contribution is -2.47. The van der Waals surface area contributed by atoms with Gasteiger partial charge in [-0.2, -0.15) is 0 Å². The third-order valence-electron chi connectivity index (χ3n) is 4.03. The third-order valence-corrected chi connectivity index (χ3v) is 4.53. The number of carbonyl (C=O) groups excluding carboxylic acids is 2. The molecule has 2 aromatic carbocycles. The van der Waals surface area contributed by atoms with E-state index in [9.17, 15) is 14.0 Å². The first-order valence-electron chi connectivity index (χ1n) is 7.91. The average Bonchev–Trinajstić information content (AvgIpc) is 2.60. The molecule has 0 bridgehead atoms. The topological polar surface area (TPSA) is 61.4 Å². The number of nitrogens with zero attached hydrogens (tertiary/aromatic N) is 1. The summed E-state index contributed by atoms with van der Waals surface area (Å²) in [5, 5.41) is 0. The van der Waals surface area contributed by atoms with Crippen molar-refractivity contribution in [2.75, 3.05) is 18.0 Å². The zero-order valence-corrected chi connectivity index (χ0v) is 15.0. The van der Waals surface area contributed by atoms with Gasteiger partial charge < -0.3 is 4.90 Å². The number of benzene rings is 2. The zero-order valence-electron chi connectivity index (χ0n) is 13.4. The smallest absolute Gasteiger partial charge is 0.272 e. The summed E-state index contributed by atoms with van der Waals surface area (Å²) in [5.74, 6) is -1.72. The first-order chi connectivity index (χ1) is 12.0. The van der Waals surface area contributed by atoms with Crippen LogP contribution in [0.2, 0.25) is 0 Å². The molecule has 0 fully saturated rings. The van der Waals surface area contributed by atoms with Gasteiger partial charge in [0, 0.05) is 16.7 Å². The predicted molar refractivity (Wildman–Crippen MR) is 96.7 cm³/mol. The molecule has 0 spiro atoms. The van der Waals surface area contributed by atoms with E-state index in [2.05, 4.69) is 32.8 Å². The molecule has 0 saturated carbocycles. The molecule has 2 N–H and O–H groups in total. The Hall–Kier alpha value is -2.41. The lowest BCUT2D eigenvalue weighted by atomic mass is 10.0. The number of hydrogen-bond acceptors (Lipinski definition) is 3. The van der Waals surface area contributed by atoms with Crippen molar-refractivity contribution in [2.24, 2.45) is 0 Å². The van der Waals surface area contributed by atoms with Gasteiger partial charge in [-0.05, 0) is 42.7 Å². The van der Waals surface area contributed by atoms with Crippen LogP contribution in [0.15, 0.2) is 46.9 Å². The molecule has 3 rings (SSSR count). The number of rotatable bonds is 3. The van der Waals surface area contributed by atoms with Crippen LogP contribution in [0.3, 0.4) is 0 Å². The predicted octanol–water partition coefficient (Wildman–Crippen LogP) is 2.80. The van der Waals surface area contributed by atoms with Crippen LogP contribution in [0.25, 0.3) is 0 Å². The van der Waals surface area contributed by atoms with Crippen LogP contribution in [0.5, 0.6) is 0 Å². The van der Waals surface area contributed by atoms with E-state index in [-0.39, 0.29) is 18.0 Å². The molecule has 0 unspecified atom stereocenters. The summed E-state index contributed by atoms with van der Waals surface area (Å²) >= 11 is 3.13. The number of hydrogen-bond donors (Lipinski definition) is 2. The van der Waals surface area contributed by atoms with Crippen molar-refractivity contribution in [3.63, 3.8) is 0 Å². The average molecular weight is 406 g/mol. The fraction of sp³-hybridized carbons (Fsp3) is 0.222. The van der Waals surface area contributed by atoms with Crippen LogP contribution < -0.4 is 15.8 Å². The fourth-order valence-electron chi connectivity index (χ4n) is 2.86. The van der Waals surface area contributed by atoms with Crippen LogP contribution in [0.1, 0.15) is 22.3 Å². The minimum atomic E-state index is -0.697. The van der Waals surface area contributed by atoms with Gasteiger partial charge in [0.2, 0.25) is 0 Å². The number of fused-ring (bicyclic) bond motifs is 1. The van der Waals surface area contributed by atoms with Crippen molar-refractivity contribution >= 4 is 33.4 Å². The van der Waals surface area contributed by atoms with Gasteiger partial charge in [0.15, 0.2) is 0 Å². The second kappa shape index (κ2) is 7.65. The van der Waals surface area contributed by atoms with E-state index >= 15 is 0 Å². The highest BCUT2D eigenvalue weighted by molar-refractivity contribution is 9.10. The maximum Gasteiger partial charge on any atom is 0.272 e. The van der Waals surface area contributed by atoms with Crippen molar-refractivity contribution in [2.45, 2.75) is 12.8 Å². The van der Waals surface area contributed by atoms with Crippen LogP contribution >= 0.6 is 15.9 Å². The Morgan fingerprint density at radius 3 is 2.76 bits per heavy atom. The van der Waals surface area contributed by atoms with Crippen molar-refractivity contribution < 1.29 is 14.0 Å². The molecular weight excluding hydrogens is 389 g/mol. The second-order valence-electron chi connectivity index (χ2n) is 5.78. The Bertz CT molecular complexity index is 813. The standard InChI is InChI=1S/C18H17BrFN3O2/c19-13-7-8-14(15(20)10-13)18(25)22-21-17(24)11-23-9-3-5-12-4-1-2-6-16(12)23/h1-2,4,6-8,10H,3,5,9,11H2,(H,21,24)(H,22,25). The number of anilines is 1. The summed E-state index contributed by atoms with van der Waals surface area (Å²) in [6.45, 7) is 0.903. The van der Waals surface area contributed by atoms with Crippen LogP contribution in [-0.2, 0) is 11.2 Å². The SMILES string of the molecule is O=C(CN1CCCc2ccccc21)NNC(=O)c1ccc(Br)cc1F. The molecule has 1 heterocycles. The molecule has 0 aliphatic carbocycles. The Morgan fingerprint density at radius 2 is 1.96 bits per heavy atom. The molecule has 1 aliphatic rings. The Balaban J connectivity index is 1.58. The molecule has 130 valence electrons. The molecule has 7 heteroatoms. The molecule has 1 aliphatic heterocycles. The highest BCUT2D eigenvalue weighted by Gasteiger charge is 2.19. The molecule has 5 nitrogen and oxygen atoms in total. The molecular formula is C18H17BrFN3O2. The number of carbonyl (C=O) groups is 2. The second-order valence-corrected chi connectivity index (χ2v) is 6.70. The van der Waals surface area contributed by atoms with Gasteiger partial charge in [-0.25, -0.2) is 4.39 Å². The molecule has 0 radical (unpaired) electrons. The summed E-state index contributed by atoms with van der Waals surface area (Å²) in [5.41, 5.74) is 6.71. The summed E-state index contributed by atoms with van der Waals surface area (Å²) in [6.07, 6.45) is 1.97. The Kier molecular flexibility index (Phi) is 5.33. The van der Waals surface area contributed by atoms with Crippen molar-refractivity contribution in [1.82, 2.24) is 10.9 Å². The summed E-state index contributed by atoms with van der Waals surface area (Å²) in [4.78, 5) is 26.1. The first kappa shape index (κ1) is 17.4. The molecule has 25 heavy (non-hydrogen) atoms. The molecule has 0 saturated heterocycles. The lowest BCUT2D eigenvalue weighted by Gasteiger charge is -2.30. The van der Waals surface area contributed by atoms with Crippen molar-refractivity contribution in [3.05, 3.63) is 63.9 Å². The highest BCUT2D eigenvalue weighted by Crippen LogP contribution is 2.26. The molecule has 2 aromatic rings. The van der Waals surface area contributed by atoms with Gasteiger partial charge in [0.25, 0.3) is 11.8 Å². The van der Waals surface area contributed by atoms with Crippen molar-refractivity contribution in [3.8, 4) is 0 Å². The highest BCUT2D eigenvalue weighted by atomic mass is 79.9. The number of amides is 2. The number of hydrazine groups is 1. The fourth-order valence-corrected chi connectivity index (χ4v) is 3.19. The zero-order chi connectivity index (χ0) is 17.8. The van der Waals surface area contributed by atoms with E-state index in [1.807, 2.05) is 23.1 Å². The third kappa shape index (κ3) is 4.17. The summed E-state index contributed by atoms with van der Waals surface area (Å²) in [6, 6.07) is 12.1. The van der Waals surface area contributed by atoms with Gasteiger partial charge in [-0.1, -0.05) is 34.1 Å². The van der Waals surface area contributed by atoms with Gasteiger partial charge >= 0.3 is 0 Å². The van der Waals surface area contributed by atoms with E-state index in [4.69, 9.17) is 0 Å². The van der Waals surface area contributed by atoms with Crippen LogP contribution in [-0.4, -0.2) is 24.9 Å². The number of nitrogens with one attached hydrogen (secondary N) is 2. The quantitative estimate of drug-likeness (QED) is 0.771. The number of aryl methyl sites for hydroxylation is 1. The van der Waals surface area contributed by atoms with E-state index in [0.717, 1.165) is 25.1 Å². The summed E-state index contributed by atoms with van der Waals surface area (Å²) in [7, 11) is 0. The Morgan fingerprint density at radius 1 is 1.16 bits per heavy atom. The van der Waals surface area contributed by atoms with Gasteiger partial charge in [-0.3, -0.25) is 20.4 Å². The Labute approximate surface area is 153 Å². The normalized spacial score (nSPS) is 13.1. The minimum Gasteiger partial charge on any atom is -0.362 e. The number of para-hydroxylation sites is 1. The maximum absolute atomic E-state index is 13.8. The van der Waals surface area contributed by atoms with Gasteiger partial charge in [-0.15, -0.1) is 0 Å². The maximum atomic E-state index is 13.8. The summed E-state index contributed by atoms with van der Waals surface area (Å²) < 4.78 is 14.3. The van der Waals surface area contributed by atoms with Gasteiger partial charge in [0.1, 0.15) is 5.82 Å². The van der Waals surface area contributed by atoms with E-state index in [1.54, 1.807) is 6.07 Å². The van der Waals surface area contributed by atoms with Crippen molar-refractivity contribution in [1.29, 1.82) is 0 Å². The monoisotopic (exact) mass is 405 g/mol. The van der Waals surface area contributed by atoms with Gasteiger partial charge in [0.05, 0.1) is 12.1 Å². The molecule has 0 aromatic heterocycles. The largest absolute Gasteiger partial charge is 0.362 e. The van der Waals surface area contributed by atoms with Crippen LogP contribution in [0.4, 0.5) is 10.1 Å². The molecule has 0 atom stereocenters. The first-order valence-corrected chi connectivity index (χ1v) is 8.71. The van der Waals surface area contributed by atoms with E-state index in [0.29, 0.717) is 4.47 Å². The van der Waals surface area contributed by atoms with E-state index < -0.39 is 11.7 Å².